The second-order valence-electron chi connectivity index (χ2n) is 3.85. The highest BCUT2D eigenvalue weighted by Gasteiger charge is 2.15. The zero-order valence-corrected chi connectivity index (χ0v) is 10.8. The molecule has 0 bridgehead atoms. The molecule has 0 aliphatic carbocycles. The number of nitriles is 1. The maximum absolute atomic E-state index is 11.6. The lowest BCUT2D eigenvalue weighted by atomic mass is 10.1. The van der Waals surface area contributed by atoms with Gasteiger partial charge in [-0.3, -0.25) is 0 Å². The first kappa shape index (κ1) is 15.2. The van der Waals surface area contributed by atoms with Gasteiger partial charge in [-0.2, -0.15) is 5.26 Å². The van der Waals surface area contributed by atoms with Gasteiger partial charge in [0.05, 0.1) is 6.61 Å². The fourth-order valence-corrected chi connectivity index (χ4v) is 1.42. The number of phenols is 1. The lowest BCUT2D eigenvalue weighted by Crippen LogP contribution is -2.07. The molecule has 0 aliphatic rings. The lowest BCUT2D eigenvalue weighted by Gasteiger charge is -2.04. The van der Waals surface area contributed by atoms with Crippen LogP contribution in [0.15, 0.2) is 23.8 Å². The fourth-order valence-electron chi connectivity index (χ4n) is 1.42. The summed E-state index contributed by atoms with van der Waals surface area (Å²) in [5.74, 6) is -2.62. The molecule has 6 heteroatoms. The summed E-state index contributed by atoms with van der Waals surface area (Å²) in [6.45, 7) is 1.99. The van der Waals surface area contributed by atoms with Crippen LogP contribution in [0.3, 0.4) is 0 Å². The summed E-state index contributed by atoms with van der Waals surface area (Å²) < 4.78 is 4.81. The lowest BCUT2D eigenvalue weighted by molar-refractivity contribution is -0.138. The molecule has 6 nitrogen and oxygen atoms in total. The number of hydrogen-bond acceptors (Lipinski definition) is 5. The minimum atomic E-state index is -1.30. The summed E-state index contributed by atoms with van der Waals surface area (Å²) in [5, 5.41) is 27.6. The Morgan fingerprint density at radius 2 is 2.15 bits per heavy atom. The highest BCUT2D eigenvalue weighted by Crippen LogP contribution is 2.24. The van der Waals surface area contributed by atoms with E-state index in [0.29, 0.717) is 6.42 Å². The van der Waals surface area contributed by atoms with E-state index in [4.69, 9.17) is 15.1 Å². The third-order valence-corrected chi connectivity index (χ3v) is 2.38. The number of ether oxygens (including phenoxy) is 1. The van der Waals surface area contributed by atoms with Crippen LogP contribution < -0.4 is 0 Å². The quantitative estimate of drug-likeness (QED) is 0.483. The van der Waals surface area contributed by atoms with Crippen molar-refractivity contribution in [3.05, 3.63) is 34.9 Å². The van der Waals surface area contributed by atoms with Crippen LogP contribution in [-0.2, 0) is 9.53 Å². The van der Waals surface area contributed by atoms with Crippen molar-refractivity contribution in [2.75, 3.05) is 6.61 Å². The first-order valence-electron chi connectivity index (χ1n) is 5.85. The van der Waals surface area contributed by atoms with Crippen molar-refractivity contribution in [1.29, 1.82) is 5.26 Å². The molecule has 0 radical (unpaired) electrons. The van der Waals surface area contributed by atoms with Crippen LogP contribution >= 0.6 is 0 Å². The second kappa shape index (κ2) is 6.95. The number of carbonyl (C=O) groups excluding carboxylic acids is 1. The number of carbonyl (C=O) groups is 2. The number of para-hydroxylation sites is 1. The molecule has 0 amide bonds. The maximum Gasteiger partial charge on any atom is 0.348 e. The van der Waals surface area contributed by atoms with Crippen LogP contribution in [0.25, 0.3) is 6.08 Å². The average Bonchev–Trinajstić information content (AvgIpc) is 2.43. The molecule has 0 spiro atoms. The van der Waals surface area contributed by atoms with E-state index in [-0.39, 0.29) is 23.3 Å². The van der Waals surface area contributed by atoms with Crippen molar-refractivity contribution in [2.24, 2.45) is 0 Å². The number of nitrogens with zero attached hydrogens (tertiary/aromatic N) is 1. The molecule has 0 atom stereocenters. The van der Waals surface area contributed by atoms with Crippen molar-refractivity contribution in [3.63, 3.8) is 0 Å². The normalized spacial score (nSPS) is 10.7. The van der Waals surface area contributed by atoms with Crippen LogP contribution in [0, 0.1) is 11.3 Å². The second-order valence-corrected chi connectivity index (χ2v) is 3.85. The summed E-state index contributed by atoms with van der Waals surface area (Å²) >= 11 is 0. The van der Waals surface area contributed by atoms with Gasteiger partial charge in [0.25, 0.3) is 0 Å². The minimum Gasteiger partial charge on any atom is -0.506 e. The Labute approximate surface area is 115 Å². The van der Waals surface area contributed by atoms with Gasteiger partial charge < -0.3 is 14.9 Å². The first-order chi connectivity index (χ1) is 9.51. The third kappa shape index (κ3) is 3.59. The van der Waals surface area contributed by atoms with Gasteiger partial charge in [0, 0.05) is 5.56 Å². The number of aromatic carboxylic acids is 1. The van der Waals surface area contributed by atoms with E-state index in [9.17, 15) is 14.7 Å². The Morgan fingerprint density at radius 1 is 1.45 bits per heavy atom. The maximum atomic E-state index is 11.6. The van der Waals surface area contributed by atoms with E-state index in [2.05, 4.69) is 0 Å². The Hall–Kier alpha value is -2.81. The van der Waals surface area contributed by atoms with Crippen molar-refractivity contribution in [1.82, 2.24) is 0 Å². The number of carboxylic acid groups (broad SMARTS) is 1. The summed E-state index contributed by atoms with van der Waals surface area (Å²) in [5.41, 5.74) is -0.552. The van der Waals surface area contributed by atoms with Crippen LogP contribution in [0.4, 0.5) is 0 Å². The molecule has 1 aromatic carbocycles. The third-order valence-electron chi connectivity index (χ3n) is 2.38. The van der Waals surface area contributed by atoms with Gasteiger partial charge in [-0.15, -0.1) is 0 Å². The Bertz CT molecular complexity index is 598. The van der Waals surface area contributed by atoms with E-state index in [1.165, 1.54) is 18.2 Å². The van der Waals surface area contributed by atoms with Gasteiger partial charge >= 0.3 is 11.9 Å². The molecule has 0 fully saturated rings. The van der Waals surface area contributed by atoms with Crippen LogP contribution in [0.1, 0.15) is 29.3 Å². The van der Waals surface area contributed by atoms with Gasteiger partial charge in [0.1, 0.15) is 23.0 Å². The highest BCUT2D eigenvalue weighted by molar-refractivity contribution is 5.99. The summed E-state index contributed by atoms with van der Waals surface area (Å²) in [4.78, 5) is 22.4. The summed E-state index contributed by atoms with van der Waals surface area (Å²) in [7, 11) is 0. The molecule has 0 unspecified atom stereocenters. The van der Waals surface area contributed by atoms with E-state index in [1.54, 1.807) is 6.07 Å². The zero-order chi connectivity index (χ0) is 15.1. The van der Waals surface area contributed by atoms with Crippen LogP contribution in [0.2, 0.25) is 0 Å². The molecule has 0 saturated heterocycles. The number of rotatable bonds is 5. The minimum absolute atomic E-state index is 0.0647. The zero-order valence-electron chi connectivity index (χ0n) is 10.8. The molecule has 1 rings (SSSR count). The molecule has 1 aromatic rings. The number of aromatic hydroxyl groups is 1. The molecule has 20 heavy (non-hydrogen) atoms. The molecular formula is C14H13NO5. The molecule has 0 saturated carbocycles. The molecular weight excluding hydrogens is 262 g/mol. The SMILES string of the molecule is CCCOC(=O)C(C#N)=Cc1cccc(C(=O)O)c1O. The number of hydrogen-bond donors (Lipinski definition) is 2. The highest BCUT2D eigenvalue weighted by atomic mass is 16.5. The Balaban J connectivity index is 3.14. The molecule has 104 valence electrons. The average molecular weight is 275 g/mol. The van der Waals surface area contributed by atoms with E-state index >= 15 is 0 Å². The van der Waals surface area contributed by atoms with Crippen LogP contribution in [0.5, 0.6) is 5.75 Å². The van der Waals surface area contributed by atoms with Gasteiger partial charge in [0.2, 0.25) is 0 Å². The topological polar surface area (TPSA) is 108 Å². The van der Waals surface area contributed by atoms with E-state index in [1.807, 2.05) is 6.92 Å². The Kier molecular flexibility index (Phi) is 5.30. The largest absolute Gasteiger partial charge is 0.506 e. The van der Waals surface area contributed by atoms with Crippen LogP contribution in [-0.4, -0.2) is 28.8 Å². The van der Waals surface area contributed by atoms with Crippen molar-refractivity contribution < 1.29 is 24.5 Å². The number of esters is 1. The van der Waals surface area contributed by atoms with E-state index < -0.39 is 17.7 Å². The van der Waals surface area contributed by atoms with E-state index in [0.717, 1.165) is 6.08 Å². The molecule has 0 aliphatic heterocycles. The first-order valence-corrected chi connectivity index (χ1v) is 5.85. The molecule has 0 heterocycles. The predicted octanol–water partition coefficient (Wildman–Crippen LogP) is 1.95. The monoisotopic (exact) mass is 275 g/mol. The number of benzene rings is 1. The smallest absolute Gasteiger partial charge is 0.348 e. The molecule has 2 N–H and O–H groups in total. The van der Waals surface area contributed by atoms with Gasteiger partial charge in [0.15, 0.2) is 0 Å². The van der Waals surface area contributed by atoms with Crippen molar-refractivity contribution >= 4 is 18.0 Å². The standard InChI is InChI=1S/C14H13NO5/c1-2-6-20-14(19)10(8-15)7-9-4-3-5-11(12(9)16)13(17)18/h3-5,7,16H,2,6H2,1H3,(H,17,18). The fraction of sp³-hybridized carbons (Fsp3) is 0.214. The number of carboxylic acids is 1. The Morgan fingerprint density at radius 3 is 2.70 bits per heavy atom. The summed E-state index contributed by atoms with van der Waals surface area (Å²) in [6.07, 6.45) is 1.71. The molecule has 0 aromatic heterocycles. The van der Waals surface area contributed by atoms with Crippen molar-refractivity contribution in [2.45, 2.75) is 13.3 Å². The van der Waals surface area contributed by atoms with Crippen molar-refractivity contribution in [3.8, 4) is 11.8 Å². The van der Waals surface area contributed by atoms with Gasteiger partial charge in [-0.05, 0) is 18.6 Å². The van der Waals surface area contributed by atoms with Gasteiger partial charge in [-0.1, -0.05) is 19.1 Å². The van der Waals surface area contributed by atoms with Gasteiger partial charge in [-0.25, -0.2) is 9.59 Å². The summed E-state index contributed by atoms with van der Waals surface area (Å²) in [6, 6.07) is 5.68. The predicted molar refractivity (Wildman–Crippen MR) is 69.9 cm³/mol.